The molecule has 0 atom stereocenters. The number of nitrogens with zero attached hydrogens (tertiary/aromatic N) is 1. The summed E-state index contributed by atoms with van der Waals surface area (Å²) in [5, 5.41) is 11.5. The number of amides is 1. The number of hydrogen-bond donors (Lipinski definition) is 3. The lowest BCUT2D eigenvalue weighted by molar-refractivity contribution is 0.0693. The first-order chi connectivity index (χ1) is 10.6. The van der Waals surface area contributed by atoms with Gasteiger partial charge in [-0.1, -0.05) is 6.07 Å². The number of fused-ring (bicyclic) bond motifs is 1. The Morgan fingerprint density at radius 1 is 1.36 bits per heavy atom. The van der Waals surface area contributed by atoms with Gasteiger partial charge in [0.1, 0.15) is 4.88 Å². The van der Waals surface area contributed by atoms with Crippen molar-refractivity contribution in [2.75, 3.05) is 12.5 Å². The van der Waals surface area contributed by atoms with Crippen molar-refractivity contribution in [1.29, 1.82) is 0 Å². The number of rotatable bonds is 4. The van der Waals surface area contributed by atoms with E-state index in [-0.39, 0.29) is 29.6 Å². The van der Waals surface area contributed by atoms with Crippen LogP contribution in [0.25, 0.3) is 0 Å². The van der Waals surface area contributed by atoms with Gasteiger partial charge >= 0.3 is 5.97 Å². The number of carboxylic acid groups (broad SMARTS) is 1. The molecule has 2 aromatic rings. The average Bonchev–Trinajstić information content (AvgIpc) is 3.10. The Labute approximate surface area is 128 Å². The van der Waals surface area contributed by atoms with Crippen molar-refractivity contribution in [1.82, 2.24) is 9.69 Å². The van der Waals surface area contributed by atoms with Gasteiger partial charge in [0.25, 0.3) is 5.91 Å². The maximum Gasteiger partial charge on any atom is 0.357 e. The van der Waals surface area contributed by atoms with E-state index in [4.69, 9.17) is 20.3 Å². The highest BCUT2D eigenvalue weighted by molar-refractivity contribution is 7.09. The van der Waals surface area contributed by atoms with Gasteiger partial charge in [0.15, 0.2) is 17.2 Å². The van der Waals surface area contributed by atoms with Crippen molar-refractivity contribution >= 4 is 29.1 Å². The van der Waals surface area contributed by atoms with Crippen LogP contribution in [0.3, 0.4) is 0 Å². The van der Waals surface area contributed by atoms with Gasteiger partial charge in [0.05, 0.1) is 5.69 Å². The molecule has 1 aliphatic rings. The summed E-state index contributed by atoms with van der Waals surface area (Å²) >= 11 is 0.755. The molecule has 22 heavy (non-hydrogen) atoms. The highest BCUT2D eigenvalue weighted by Gasteiger charge is 2.21. The van der Waals surface area contributed by atoms with Crippen LogP contribution in [-0.2, 0) is 6.54 Å². The van der Waals surface area contributed by atoms with Gasteiger partial charge in [-0.3, -0.25) is 4.79 Å². The molecule has 9 heteroatoms. The molecular formula is C13H11N3O5S. The maximum absolute atomic E-state index is 12.0. The smallest absolute Gasteiger partial charge is 0.357 e. The third-order valence-electron chi connectivity index (χ3n) is 3.03. The highest BCUT2D eigenvalue weighted by atomic mass is 32.1. The zero-order valence-corrected chi connectivity index (χ0v) is 12.0. The van der Waals surface area contributed by atoms with E-state index in [2.05, 4.69) is 9.69 Å². The van der Waals surface area contributed by atoms with Crippen LogP contribution < -0.4 is 20.5 Å². The van der Waals surface area contributed by atoms with Crippen LogP contribution >= 0.6 is 11.5 Å². The summed E-state index contributed by atoms with van der Waals surface area (Å²) in [7, 11) is 0. The van der Waals surface area contributed by atoms with Crippen molar-refractivity contribution in [2.45, 2.75) is 6.54 Å². The Hall–Kier alpha value is -2.81. The number of benzene rings is 1. The summed E-state index contributed by atoms with van der Waals surface area (Å²) in [6.07, 6.45) is 0. The Kier molecular flexibility index (Phi) is 3.55. The molecule has 8 nitrogen and oxygen atoms in total. The molecule has 2 heterocycles. The van der Waals surface area contributed by atoms with Gasteiger partial charge in [-0.25, -0.2) is 4.79 Å². The average molecular weight is 321 g/mol. The second-order valence-corrected chi connectivity index (χ2v) is 5.22. The zero-order valence-electron chi connectivity index (χ0n) is 11.2. The van der Waals surface area contributed by atoms with E-state index in [1.807, 2.05) is 0 Å². The number of nitrogens with two attached hydrogens (primary N) is 1. The van der Waals surface area contributed by atoms with E-state index in [0.29, 0.717) is 11.5 Å². The fourth-order valence-electron chi connectivity index (χ4n) is 1.93. The van der Waals surface area contributed by atoms with Gasteiger partial charge in [0, 0.05) is 6.54 Å². The lowest BCUT2D eigenvalue weighted by Gasteiger charge is -2.05. The van der Waals surface area contributed by atoms with Crippen molar-refractivity contribution in [3.63, 3.8) is 0 Å². The molecular weight excluding hydrogens is 310 g/mol. The molecule has 114 valence electrons. The van der Waals surface area contributed by atoms with Crippen molar-refractivity contribution in [3.05, 3.63) is 34.3 Å². The lowest BCUT2D eigenvalue weighted by atomic mass is 10.2. The molecule has 0 bridgehead atoms. The molecule has 1 amide bonds. The van der Waals surface area contributed by atoms with Crippen molar-refractivity contribution in [3.8, 4) is 11.5 Å². The van der Waals surface area contributed by atoms with Crippen LogP contribution in [0.4, 0.5) is 5.69 Å². The number of aromatic nitrogens is 1. The number of carbonyl (C=O) groups is 2. The molecule has 0 spiro atoms. The van der Waals surface area contributed by atoms with Gasteiger partial charge in [-0.05, 0) is 29.2 Å². The van der Waals surface area contributed by atoms with Crippen LogP contribution in [0.15, 0.2) is 18.2 Å². The number of hydrogen-bond acceptors (Lipinski definition) is 7. The minimum absolute atomic E-state index is 0.0816. The van der Waals surface area contributed by atoms with Crippen molar-refractivity contribution in [2.24, 2.45) is 0 Å². The van der Waals surface area contributed by atoms with Crippen molar-refractivity contribution < 1.29 is 24.2 Å². The maximum atomic E-state index is 12.0. The SMILES string of the molecule is Nc1c(C(=O)O)nsc1C(=O)NCc1ccc2c(c1)OCO2. The van der Waals surface area contributed by atoms with E-state index in [1.54, 1.807) is 18.2 Å². The summed E-state index contributed by atoms with van der Waals surface area (Å²) in [6, 6.07) is 5.32. The number of anilines is 1. The summed E-state index contributed by atoms with van der Waals surface area (Å²) in [4.78, 5) is 23.0. The number of carbonyl (C=O) groups excluding carboxylic acids is 1. The van der Waals surface area contributed by atoms with Crippen LogP contribution in [0.1, 0.15) is 25.7 Å². The summed E-state index contributed by atoms with van der Waals surface area (Å²) in [6.45, 7) is 0.426. The largest absolute Gasteiger partial charge is 0.476 e. The van der Waals surface area contributed by atoms with Gasteiger partial charge in [-0.2, -0.15) is 4.37 Å². The predicted molar refractivity (Wildman–Crippen MR) is 77.2 cm³/mol. The summed E-state index contributed by atoms with van der Waals surface area (Å²) in [5.74, 6) is -0.450. The molecule has 0 unspecified atom stereocenters. The molecule has 3 rings (SSSR count). The van der Waals surface area contributed by atoms with Gasteiger partial charge in [-0.15, -0.1) is 0 Å². The first-order valence-corrected chi connectivity index (χ1v) is 6.98. The van der Waals surface area contributed by atoms with Gasteiger partial charge < -0.3 is 25.6 Å². The Morgan fingerprint density at radius 2 is 2.14 bits per heavy atom. The molecule has 0 aliphatic carbocycles. The minimum Gasteiger partial charge on any atom is -0.476 e. The second kappa shape index (κ2) is 5.53. The van der Waals surface area contributed by atoms with E-state index in [9.17, 15) is 9.59 Å². The molecule has 0 fully saturated rings. The molecule has 1 aromatic carbocycles. The topological polar surface area (TPSA) is 124 Å². The fraction of sp³-hybridized carbons (Fsp3) is 0.154. The Morgan fingerprint density at radius 3 is 2.86 bits per heavy atom. The molecule has 0 saturated carbocycles. The molecule has 0 saturated heterocycles. The third-order valence-corrected chi connectivity index (χ3v) is 3.89. The third kappa shape index (κ3) is 2.53. The lowest BCUT2D eigenvalue weighted by Crippen LogP contribution is -2.22. The van der Waals surface area contributed by atoms with E-state index < -0.39 is 11.9 Å². The zero-order chi connectivity index (χ0) is 15.7. The summed E-state index contributed by atoms with van der Waals surface area (Å²) < 4.78 is 14.1. The molecule has 0 radical (unpaired) electrons. The number of carboxylic acids is 1. The number of nitrogens with one attached hydrogen (secondary N) is 1. The second-order valence-electron chi connectivity index (χ2n) is 4.45. The normalized spacial score (nSPS) is 12.2. The van der Waals surface area contributed by atoms with Crippen LogP contribution in [0.2, 0.25) is 0 Å². The van der Waals surface area contributed by atoms with E-state index in [1.165, 1.54) is 0 Å². The van der Waals surface area contributed by atoms with E-state index >= 15 is 0 Å². The quantitative estimate of drug-likeness (QED) is 0.769. The van der Waals surface area contributed by atoms with Crippen LogP contribution in [-0.4, -0.2) is 28.1 Å². The summed E-state index contributed by atoms with van der Waals surface area (Å²) in [5.41, 5.74) is 6.00. The number of ether oxygens (including phenoxy) is 2. The molecule has 4 N–H and O–H groups in total. The first-order valence-electron chi connectivity index (χ1n) is 6.21. The highest BCUT2D eigenvalue weighted by Crippen LogP contribution is 2.32. The van der Waals surface area contributed by atoms with Crippen LogP contribution in [0.5, 0.6) is 11.5 Å². The molecule has 1 aromatic heterocycles. The van der Waals surface area contributed by atoms with Gasteiger partial charge in [0.2, 0.25) is 6.79 Å². The monoisotopic (exact) mass is 321 g/mol. The first kappa shape index (κ1) is 14.1. The van der Waals surface area contributed by atoms with Crippen LogP contribution in [0, 0.1) is 0 Å². The fourth-order valence-corrected chi connectivity index (χ4v) is 2.64. The standard InChI is InChI=1S/C13H11N3O5S/c14-9-10(13(18)19)16-22-11(9)12(17)15-4-6-1-2-7-8(3-6)21-5-20-7/h1-3H,4-5,14H2,(H,15,17)(H,18,19). The Balaban J connectivity index is 1.69. The minimum atomic E-state index is -1.26. The Bertz CT molecular complexity index is 758. The predicted octanol–water partition coefficient (Wildman–Crippen LogP) is 1.08. The molecule has 1 aliphatic heterocycles. The number of nitrogen functional groups attached to an aromatic ring is 1. The number of aromatic carboxylic acids is 1. The van der Waals surface area contributed by atoms with E-state index in [0.717, 1.165) is 17.1 Å².